The van der Waals surface area contributed by atoms with E-state index in [9.17, 15) is 0 Å². The lowest BCUT2D eigenvalue weighted by atomic mass is 9.79. The third kappa shape index (κ3) is 2.52. The van der Waals surface area contributed by atoms with Crippen LogP contribution in [-0.4, -0.2) is 22.9 Å². The van der Waals surface area contributed by atoms with Crippen LogP contribution >= 0.6 is 0 Å². The summed E-state index contributed by atoms with van der Waals surface area (Å²) in [6.07, 6.45) is 4.58. The molecule has 19 heavy (non-hydrogen) atoms. The van der Waals surface area contributed by atoms with Crippen LogP contribution in [0.2, 0.25) is 0 Å². The minimum atomic E-state index is 0.583. The number of rotatable bonds is 5. The van der Waals surface area contributed by atoms with Gasteiger partial charge in [-0.15, -0.1) is 0 Å². The van der Waals surface area contributed by atoms with Crippen LogP contribution in [0.15, 0.2) is 30.5 Å². The van der Waals surface area contributed by atoms with Gasteiger partial charge in [0.1, 0.15) is 0 Å². The van der Waals surface area contributed by atoms with Crippen molar-refractivity contribution >= 4 is 10.9 Å². The fourth-order valence-electron chi connectivity index (χ4n) is 2.93. The maximum absolute atomic E-state index is 4.60. The molecule has 1 aromatic carbocycles. The van der Waals surface area contributed by atoms with E-state index in [1.54, 1.807) is 0 Å². The third-order valence-corrected chi connectivity index (χ3v) is 4.16. The second kappa shape index (κ2) is 5.33. The largest absolute Gasteiger partial charge is 0.316 e. The standard InChI is InChI=1S/C16H23N3/c1-12(2)9-17-10-14-7-8-16(14)19-15-6-4-3-5-13(15)11-18-19/h3-6,11-12,14,16-17H,7-10H2,1-2H3. The smallest absolute Gasteiger partial charge is 0.0685 e. The average molecular weight is 257 g/mol. The monoisotopic (exact) mass is 257 g/mol. The highest BCUT2D eigenvalue weighted by molar-refractivity contribution is 5.78. The SMILES string of the molecule is CC(C)CNCC1CCC1n1ncc2ccccc21. The lowest BCUT2D eigenvalue weighted by molar-refractivity contribution is 0.167. The van der Waals surface area contributed by atoms with Crippen molar-refractivity contribution in [3.05, 3.63) is 30.5 Å². The summed E-state index contributed by atoms with van der Waals surface area (Å²) in [5.41, 5.74) is 1.28. The van der Waals surface area contributed by atoms with E-state index in [-0.39, 0.29) is 0 Å². The first kappa shape index (κ1) is 12.7. The Morgan fingerprint density at radius 3 is 2.89 bits per heavy atom. The van der Waals surface area contributed by atoms with Crippen LogP contribution in [0.1, 0.15) is 32.7 Å². The summed E-state index contributed by atoms with van der Waals surface area (Å²) < 4.78 is 2.24. The molecule has 0 amide bonds. The number of para-hydroxylation sites is 1. The minimum Gasteiger partial charge on any atom is -0.316 e. The second-order valence-corrected chi connectivity index (χ2v) is 6.10. The number of aromatic nitrogens is 2. The van der Waals surface area contributed by atoms with Gasteiger partial charge in [0.25, 0.3) is 0 Å². The van der Waals surface area contributed by atoms with Gasteiger partial charge in [0, 0.05) is 11.9 Å². The first-order valence-corrected chi connectivity index (χ1v) is 7.38. The van der Waals surface area contributed by atoms with Crippen molar-refractivity contribution in [1.29, 1.82) is 0 Å². The van der Waals surface area contributed by atoms with Crippen LogP contribution in [-0.2, 0) is 0 Å². The van der Waals surface area contributed by atoms with Gasteiger partial charge in [-0.05, 0) is 37.3 Å². The topological polar surface area (TPSA) is 29.9 Å². The summed E-state index contributed by atoms with van der Waals surface area (Å²) in [7, 11) is 0. The Kier molecular flexibility index (Phi) is 3.56. The fraction of sp³-hybridized carbons (Fsp3) is 0.562. The van der Waals surface area contributed by atoms with Crippen LogP contribution in [0.5, 0.6) is 0 Å². The number of nitrogens with zero attached hydrogens (tertiary/aromatic N) is 2. The molecule has 1 heterocycles. The van der Waals surface area contributed by atoms with Gasteiger partial charge >= 0.3 is 0 Å². The molecule has 3 nitrogen and oxygen atoms in total. The number of benzene rings is 1. The summed E-state index contributed by atoms with van der Waals surface area (Å²) in [6.45, 7) is 6.75. The summed E-state index contributed by atoms with van der Waals surface area (Å²) in [5.74, 6) is 1.46. The Morgan fingerprint density at radius 1 is 1.32 bits per heavy atom. The van der Waals surface area contributed by atoms with Gasteiger partial charge in [-0.2, -0.15) is 5.10 Å². The molecule has 1 aliphatic rings. The van der Waals surface area contributed by atoms with Crippen molar-refractivity contribution < 1.29 is 0 Å². The molecule has 2 unspecified atom stereocenters. The van der Waals surface area contributed by atoms with Crippen molar-refractivity contribution in [2.24, 2.45) is 11.8 Å². The predicted molar refractivity (Wildman–Crippen MR) is 79.2 cm³/mol. The highest BCUT2D eigenvalue weighted by Crippen LogP contribution is 2.39. The van der Waals surface area contributed by atoms with E-state index in [0.717, 1.165) is 24.9 Å². The molecule has 0 aliphatic heterocycles. The molecule has 3 heteroatoms. The molecule has 2 aromatic rings. The molecular formula is C16H23N3. The van der Waals surface area contributed by atoms with E-state index in [2.05, 4.69) is 53.2 Å². The van der Waals surface area contributed by atoms with Gasteiger partial charge in [-0.1, -0.05) is 32.0 Å². The van der Waals surface area contributed by atoms with Gasteiger partial charge in [-0.25, -0.2) is 0 Å². The predicted octanol–water partition coefficient (Wildman–Crippen LogP) is 3.23. The fourth-order valence-corrected chi connectivity index (χ4v) is 2.93. The van der Waals surface area contributed by atoms with Crippen LogP contribution < -0.4 is 5.32 Å². The lowest BCUT2D eigenvalue weighted by Gasteiger charge is -2.37. The molecule has 102 valence electrons. The van der Waals surface area contributed by atoms with E-state index in [1.165, 1.54) is 23.7 Å². The average Bonchev–Trinajstić information content (AvgIpc) is 2.77. The van der Waals surface area contributed by atoms with E-state index in [0.29, 0.717) is 6.04 Å². The van der Waals surface area contributed by atoms with Crippen LogP contribution in [0.4, 0.5) is 0 Å². The van der Waals surface area contributed by atoms with Gasteiger partial charge in [0.15, 0.2) is 0 Å². The minimum absolute atomic E-state index is 0.583. The molecule has 1 saturated carbocycles. The van der Waals surface area contributed by atoms with E-state index < -0.39 is 0 Å². The normalized spacial score (nSPS) is 22.9. The van der Waals surface area contributed by atoms with Gasteiger partial charge in [0.05, 0.1) is 17.8 Å². The number of fused-ring (bicyclic) bond motifs is 1. The summed E-state index contributed by atoms with van der Waals surface area (Å²) in [5, 5.41) is 9.44. The summed E-state index contributed by atoms with van der Waals surface area (Å²) in [4.78, 5) is 0. The zero-order valence-corrected chi connectivity index (χ0v) is 11.8. The van der Waals surface area contributed by atoms with Crippen molar-refractivity contribution in [2.75, 3.05) is 13.1 Å². The second-order valence-electron chi connectivity index (χ2n) is 6.10. The molecule has 1 fully saturated rings. The summed E-state index contributed by atoms with van der Waals surface area (Å²) in [6, 6.07) is 9.09. The molecule has 0 bridgehead atoms. The Balaban J connectivity index is 1.69. The van der Waals surface area contributed by atoms with Crippen molar-refractivity contribution in [3.63, 3.8) is 0 Å². The number of hydrogen-bond acceptors (Lipinski definition) is 2. The van der Waals surface area contributed by atoms with Crippen LogP contribution in [0.25, 0.3) is 10.9 Å². The maximum atomic E-state index is 4.60. The zero-order valence-electron chi connectivity index (χ0n) is 11.8. The number of hydrogen-bond donors (Lipinski definition) is 1. The Hall–Kier alpha value is -1.35. The van der Waals surface area contributed by atoms with Crippen molar-refractivity contribution in [3.8, 4) is 0 Å². The van der Waals surface area contributed by atoms with Gasteiger partial charge < -0.3 is 5.32 Å². The lowest BCUT2D eigenvalue weighted by Crippen LogP contribution is -2.38. The zero-order chi connectivity index (χ0) is 13.2. The Morgan fingerprint density at radius 2 is 2.16 bits per heavy atom. The highest BCUT2D eigenvalue weighted by atomic mass is 15.3. The summed E-state index contributed by atoms with van der Waals surface area (Å²) >= 11 is 0. The van der Waals surface area contributed by atoms with Crippen LogP contribution in [0, 0.1) is 11.8 Å². The molecule has 2 atom stereocenters. The molecule has 1 aromatic heterocycles. The molecule has 0 radical (unpaired) electrons. The Bertz CT molecular complexity index is 544. The van der Waals surface area contributed by atoms with Gasteiger partial charge in [-0.3, -0.25) is 4.68 Å². The molecule has 0 saturated heterocycles. The van der Waals surface area contributed by atoms with E-state index in [4.69, 9.17) is 0 Å². The molecule has 0 spiro atoms. The van der Waals surface area contributed by atoms with E-state index >= 15 is 0 Å². The van der Waals surface area contributed by atoms with E-state index in [1.807, 2.05) is 6.20 Å². The highest BCUT2D eigenvalue weighted by Gasteiger charge is 2.33. The van der Waals surface area contributed by atoms with Crippen molar-refractivity contribution in [2.45, 2.75) is 32.7 Å². The Labute approximate surface area is 115 Å². The molecule has 1 N–H and O–H groups in total. The molecule has 1 aliphatic carbocycles. The van der Waals surface area contributed by atoms with Gasteiger partial charge in [0.2, 0.25) is 0 Å². The maximum Gasteiger partial charge on any atom is 0.0685 e. The van der Waals surface area contributed by atoms with Crippen molar-refractivity contribution in [1.82, 2.24) is 15.1 Å². The third-order valence-electron chi connectivity index (χ3n) is 4.16. The van der Waals surface area contributed by atoms with Crippen LogP contribution in [0.3, 0.4) is 0 Å². The first-order chi connectivity index (χ1) is 9.25. The quantitative estimate of drug-likeness (QED) is 0.891. The molecular weight excluding hydrogens is 234 g/mol. The molecule has 3 rings (SSSR count). The first-order valence-electron chi connectivity index (χ1n) is 7.38. The number of nitrogens with one attached hydrogen (secondary N) is 1.